The van der Waals surface area contributed by atoms with Crippen molar-refractivity contribution in [1.82, 2.24) is 10.2 Å². The van der Waals surface area contributed by atoms with Crippen LogP contribution < -0.4 is 14.8 Å². The number of carboxylic acid groups (broad SMARTS) is 1. The van der Waals surface area contributed by atoms with Gasteiger partial charge < -0.3 is 24.8 Å². The van der Waals surface area contributed by atoms with Crippen molar-refractivity contribution in [2.75, 3.05) is 20.2 Å². The zero-order chi connectivity index (χ0) is 21.2. The maximum absolute atomic E-state index is 11.7. The Balaban J connectivity index is 1.94. The Hall–Kier alpha value is -2.44. The third kappa shape index (κ3) is 4.43. The molecule has 1 saturated heterocycles. The predicted molar refractivity (Wildman–Crippen MR) is 110 cm³/mol. The van der Waals surface area contributed by atoms with Gasteiger partial charge in [0.05, 0.1) is 13.2 Å². The zero-order valence-electron chi connectivity index (χ0n) is 17.7. The van der Waals surface area contributed by atoms with Gasteiger partial charge in [0.15, 0.2) is 11.5 Å². The summed E-state index contributed by atoms with van der Waals surface area (Å²) in [7, 11) is 1.63. The number of methoxy groups -OCH3 is 1. The van der Waals surface area contributed by atoms with Gasteiger partial charge in [0.2, 0.25) is 5.91 Å². The number of hydrogen-bond acceptors (Lipinski definition) is 4. The SMILES string of the molecule is COc1ccc([C@@H]2CN(C(=O)O)C[C@@]2(C)C(C)NC(C)=O)cc1OC1CCCC1. The third-order valence-corrected chi connectivity index (χ3v) is 6.60. The first-order chi connectivity index (χ1) is 13.7. The summed E-state index contributed by atoms with van der Waals surface area (Å²) in [4.78, 5) is 24.8. The molecule has 2 N–H and O–H groups in total. The van der Waals surface area contributed by atoms with Crippen LogP contribution in [0.4, 0.5) is 4.79 Å². The number of rotatable bonds is 6. The van der Waals surface area contributed by atoms with Crippen LogP contribution in [0.1, 0.15) is 57.9 Å². The third-order valence-electron chi connectivity index (χ3n) is 6.60. The molecule has 1 heterocycles. The van der Waals surface area contributed by atoms with Gasteiger partial charge >= 0.3 is 6.09 Å². The van der Waals surface area contributed by atoms with Crippen molar-refractivity contribution in [2.24, 2.45) is 5.41 Å². The van der Waals surface area contributed by atoms with Gasteiger partial charge in [-0.3, -0.25) is 4.79 Å². The first-order valence-electron chi connectivity index (χ1n) is 10.3. The Morgan fingerprint density at radius 3 is 2.55 bits per heavy atom. The molecule has 0 spiro atoms. The summed E-state index contributed by atoms with van der Waals surface area (Å²) in [5.41, 5.74) is 0.561. The first kappa shape index (κ1) is 21.3. The lowest BCUT2D eigenvalue weighted by Crippen LogP contribution is -2.47. The van der Waals surface area contributed by atoms with E-state index in [-0.39, 0.29) is 24.0 Å². The normalized spacial score (nSPS) is 25.7. The van der Waals surface area contributed by atoms with E-state index in [0.717, 1.165) is 18.4 Å². The summed E-state index contributed by atoms with van der Waals surface area (Å²) < 4.78 is 11.7. The number of hydrogen-bond donors (Lipinski definition) is 2. The van der Waals surface area contributed by atoms with E-state index in [0.29, 0.717) is 24.6 Å². The number of ether oxygens (including phenoxy) is 2. The van der Waals surface area contributed by atoms with Crippen molar-refractivity contribution in [2.45, 2.75) is 64.5 Å². The van der Waals surface area contributed by atoms with Gasteiger partial charge in [0.1, 0.15) is 0 Å². The number of carbonyl (C=O) groups excluding carboxylic acids is 1. The molecule has 1 unspecified atom stereocenters. The second kappa shape index (κ2) is 8.51. The summed E-state index contributed by atoms with van der Waals surface area (Å²) in [6, 6.07) is 5.68. The van der Waals surface area contributed by atoms with Gasteiger partial charge in [-0.1, -0.05) is 13.0 Å². The number of amides is 2. The van der Waals surface area contributed by atoms with Crippen molar-refractivity contribution in [3.05, 3.63) is 23.8 Å². The number of carbonyl (C=O) groups is 2. The second-order valence-electron chi connectivity index (χ2n) is 8.58. The molecule has 3 rings (SSSR count). The summed E-state index contributed by atoms with van der Waals surface area (Å²) in [5.74, 6) is 1.20. The summed E-state index contributed by atoms with van der Waals surface area (Å²) in [6.45, 7) is 6.21. The lowest BCUT2D eigenvalue weighted by molar-refractivity contribution is -0.120. The molecule has 29 heavy (non-hydrogen) atoms. The molecule has 2 amide bonds. The van der Waals surface area contributed by atoms with Crippen molar-refractivity contribution in [1.29, 1.82) is 0 Å². The van der Waals surface area contributed by atoms with Crippen LogP contribution in [0, 0.1) is 5.41 Å². The Labute approximate surface area is 172 Å². The molecule has 0 aromatic heterocycles. The second-order valence-corrected chi connectivity index (χ2v) is 8.58. The maximum atomic E-state index is 11.7. The van der Waals surface area contributed by atoms with Crippen LogP contribution >= 0.6 is 0 Å². The molecule has 2 aliphatic rings. The van der Waals surface area contributed by atoms with Crippen molar-refractivity contribution in [3.63, 3.8) is 0 Å². The summed E-state index contributed by atoms with van der Waals surface area (Å²) >= 11 is 0. The van der Waals surface area contributed by atoms with E-state index in [1.807, 2.05) is 32.0 Å². The molecule has 1 aliphatic carbocycles. The monoisotopic (exact) mass is 404 g/mol. The van der Waals surface area contributed by atoms with Crippen LogP contribution in [-0.4, -0.2) is 54.4 Å². The van der Waals surface area contributed by atoms with Crippen LogP contribution in [0.25, 0.3) is 0 Å². The van der Waals surface area contributed by atoms with Crippen LogP contribution in [0.2, 0.25) is 0 Å². The average molecular weight is 405 g/mol. The minimum Gasteiger partial charge on any atom is -0.493 e. The predicted octanol–water partition coefficient (Wildman–Crippen LogP) is 3.62. The van der Waals surface area contributed by atoms with E-state index in [2.05, 4.69) is 5.32 Å². The fourth-order valence-electron chi connectivity index (χ4n) is 4.74. The molecule has 1 saturated carbocycles. The van der Waals surface area contributed by atoms with E-state index in [1.165, 1.54) is 24.7 Å². The highest BCUT2D eigenvalue weighted by molar-refractivity contribution is 5.73. The Bertz CT molecular complexity index is 762. The van der Waals surface area contributed by atoms with E-state index in [9.17, 15) is 14.7 Å². The van der Waals surface area contributed by atoms with Crippen molar-refractivity contribution < 1.29 is 24.2 Å². The molecule has 1 aromatic rings. The van der Waals surface area contributed by atoms with E-state index < -0.39 is 11.5 Å². The Morgan fingerprint density at radius 1 is 1.28 bits per heavy atom. The van der Waals surface area contributed by atoms with Gasteiger partial charge in [0, 0.05) is 37.4 Å². The highest BCUT2D eigenvalue weighted by atomic mass is 16.5. The lowest BCUT2D eigenvalue weighted by Gasteiger charge is -2.37. The number of nitrogens with one attached hydrogen (secondary N) is 1. The number of likely N-dealkylation sites (tertiary alicyclic amines) is 1. The molecule has 2 fully saturated rings. The summed E-state index contributed by atoms with van der Waals surface area (Å²) in [5, 5.41) is 12.6. The molecule has 3 atom stereocenters. The fourth-order valence-corrected chi connectivity index (χ4v) is 4.74. The largest absolute Gasteiger partial charge is 0.493 e. The highest BCUT2D eigenvalue weighted by Crippen LogP contribution is 2.47. The average Bonchev–Trinajstić information content (AvgIpc) is 3.29. The smallest absolute Gasteiger partial charge is 0.407 e. The quantitative estimate of drug-likeness (QED) is 0.756. The Kier molecular flexibility index (Phi) is 6.24. The molecule has 0 bridgehead atoms. The molecule has 1 aromatic carbocycles. The maximum Gasteiger partial charge on any atom is 0.407 e. The van der Waals surface area contributed by atoms with Crippen molar-refractivity contribution in [3.8, 4) is 11.5 Å². The van der Waals surface area contributed by atoms with E-state index >= 15 is 0 Å². The molecule has 7 heteroatoms. The lowest BCUT2D eigenvalue weighted by atomic mass is 9.71. The van der Waals surface area contributed by atoms with Crippen LogP contribution in [0.5, 0.6) is 11.5 Å². The topological polar surface area (TPSA) is 88.1 Å². The van der Waals surface area contributed by atoms with Gasteiger partial charge in [0.25, 0.3) is 0 Å². The Morgan fingerprint density at radius 2 is 1.97 bits per heavy atom. The molecule has 7 nitrogen and oxygen atoms in total. The van der Waals surface area contributed by atoms with Gasteiger partial charge in [-0.25, -0.2) is 4.79 Å². The van der Waals surface area contributed by atoms with E-state index in [1.54, 1.807) is 7.11 Å². The minimum atomic E-state index is -0.940. The molecular formula is C22H32N2O5. The van der Waals surface area contributed by atoms with Crippen LogP contribution in [-0.2, 0) is 4.79 Å². The highest BCUT2D eigenvalue weighted by Gasteiger charge is 2.49. The number of nitrogens with zero attached hydrogens (tertiary/aromatic N) is 1. The standard InChI is InChI=1S/C22H32N2O5/c1-14(23-15(2)25)22(3)13-24(21(26)27)12-18(22)16-9-10-19(28-4)20(11-16)29-17-7-5-6-8-17/h9-11,14,17-18H,5-8,12-13H2,1-4H3,(H,23,25)(H,26,27)/t14?,18-,22-/m0/s1. The van der Waals surface area contributed by atoms with Crippen LogP contribution in [0.15, 0.2) is 18.2 Å². The molecule has 1 aliphatic heterocycles. The van der Waals surface area contributed by atoms with E-state index in [4.69, 9.17) is 9.47 Å². The minimum absolute atomic E-state index is 0.0720. The fraction of sp³-hybridized carbons (Fsp3) is 0.636. The van der Waals surface area contributed by atoms with Crippen molar-refractivity contribution >= 4 is 12.0 Å². The zero-order valence-corrected chi connectivity index (χ0v) is 17.7. The number of benzene rings is 1. The van der Waals surface area contributed by atoms with Gasteiger partial charge in [-0.2, -0.15) is 0 Å². The first-order valence-corrected chi connectivity index (χ1v) is 10.3. The molecule has 0 radical (unpaired) electrons. The molecular weight excluding hydrogens is 372 g/mol. The summed E-state index contributed by atoms with van der Waals surface area (Å²) in [6.07, 6.45) is 3.69. The van der Waals surface area contributed by atoms with Gasteiger partial charge in [-0.05, 0) is 50.3 Å². The molecule has 160 valence electrons. The van der Waals surface area contributed by atoms with Crippen LogP contribution in [0.3, 0.4) is 0 Å². The van der Waals surface area contributed by atoms with Gasteiger partial charge in [-0.15, -0.1) is 0 Å².